The molecule has 0 radical (unpaired) electrons. The molecule has 0 aromatic heterocycles. The first-order valence-electron chi connectivity index (χ1n) is 4.60. The number of nitrogens with zero attached hydrogens (tertiary/aromatic N) is 1. The normalized spacial score (nSPS) is 14.8. The number of carbonyl (C=O) groups is 1. The van der Waals surface area contributed by atoms with Crippen LogP contribution in [0.15, 0.2) is 23.2 Å². The second kappa shape index (κ2) is 4.61. The topological polar surface area (TPSA) is 41.5 Å². The van der Waals surface area contributed by atoms with E-state index in [9.17, 15) is 13.6 Å². The number of benzene rings is 1. The van der Waals surface area contributed by atoms with Gasteiger partial charge >= 0.3 is 0 Å². The molecule has 0 saturated carbocycles. The van der Waals surface area contributed by atoms with Crippen LogP contribution in [0, 0.1) is 11.6 Å². The van der Waals surface area contributed by atoms with Gasteiger partial charge in [-0.2, -0.15) is 0 Å². The summed E-state index contributed by atoms with van der Waals surface area (Å²) in [5.41, 5.74) is -0.0484. The summed E-state index contributed by atoms with van der Waals surface area (Å²) in [6, 6.07) is 2.69. The van der Waals surface area contributed by atoms with E-state index in [1.165, 1.54) is 11.8 Å². The first-order valence-corrected chi connectivity index (χ1v) is 5.58. The average Bonchev–Trinajstić information content (AvgIpc) is 2.68. The summed E-state index contributed by atoms with van der Waals surface area (Å²) in [6.07, 6.45) is 0. The molecule has 0 unspecified atom stereocenters. The Bertz CT molecular complexity index is 442. The molecule has 0 saturated heterocycles. The monoisotopic (exact) mass is 242 g/mol. The van der Waals surface area contributed by atoms with Crippen LogP contribution in [-0.2, 0) is 0 Å². The Labute approximate surface area is 94.9 Å². The lowest BCUT2D eigenvalue weighted by molar-refractivity contribution is 0.0977. The third-order valence-corrected chi connectivity index (χ3v) is 2.82. The SMILES string of the molecule is O=C(NC1=NCCS1)c1cc(F)cc(F)c1. The van der Waals surface area contributed by atoms with Crippen molar-refractivity contribution < 1.29 is 13.6 Å². The highest BCUT2D eigenvalue weighted by Crippen LogP contribution is 2.11. The highest BCUT2D eigenvalue weighted by Gasteiger charge is 2.13. The van der Waals surface area contributed by atoms with E-state index in [-0.39, 0.29) is 5.56 Å². The zero-order valence-corrected chi connectivity index (χ0v) is 8.98. The first-order chi connectivity index (χ1) is 7.65. The zero-order chi connectivity index (χ0) is 11.5. The number of rotatable bonds is 1. The largest absolute Gasteiger partial charge is 0.301 e. The Morgan fingerprint density at radius 2 is 2.00 bits per heavy atom. The number of aliphatic imine (C=N–C) groups is 1. The molecule has 0 aliphatic carbocycles. The molecule has 0 spiro atoms. The van der Waals surface area contributed by atoms with E-state index in [0.717, 1.165) is 24.0 Å². The lowest BCUT2D eigenvalue weighted by atomic mass is 10.2. The second-order valence-corrected chi connectivity index (χ2v) is 4.23. The quantitative estimate of drug-likeness (QED) is 0.815. The van der Waals surface area contributed by atoms with Gasteiger partial charge in [0.25, 0.3) is 5.91 Å². The molecule has 1 aliphatic rings. The summed E-state index contributed by atoms with van der Waals surface area (Å²) < 4.78 is 25.7. The molecule has 1 heterocycles. The van der Waals surface area contributed by atoms with Crippen molar-refractivity contribution in [1.82, 2.24) is 5.32 Å². The summed E-state index contributed by atoms with van der Waals surface area (Å²) in [5.74, 6) is -1.28. The molecule has 3 nitrogen and oxygen atoms in total. The maximum atomic E-state index is 12.8. The predicted octanol–water partition coefficient (Wildman–Crippen LogP) is 1.80. The van der Waals surface area contributed by atoms with E-state index < -0.39 is 17.5 Å². The molecule has 6 heteroatoms. The van der Waals surface area contributed by atoms with Gasteiger partial charge in [0.1, 0.15) is 11.6 Å². The van der Waals surface area contributed by atoms with Gasteiger partial charge in [-0.25, -0.2) is 8.78 Å². The third kappa shape index (κ3) is 2.57. The molecular formula is C10H8F2N2OS. The fourth-order valence-corrected chi connectivity index (χ4v) is 1.99. The maximum absolute atomic E-state index is 12.8. The van der Waals surface area contributed by atoms with Gasteiger partial charge in [-0.15, -0.1) is 0 Å². The van der Waals surface area contributed by atoms with Crippen LogP contribution in [0.25, 0.3) is 0 Å². The van der Waals surface area contributed by atoms with Gasteiger partial charge < -0.3 is 5.32 Å². The minimum absolute atomic E-state index is 0.0484. The maximum Gasteiger partial charge on any atom is 0.257 e. The van der Waals surface area contributed by atoms with Crippen molar-refractivity contribution in [1.29, 1.82) is 0 Å². The Morgan fingerprint density at radius 1 is 1.31 bits per heavy atom. The van der Waals surface area contributed by atoms with Crippen LogP contribution in [0.2, 0.25) is 0 Å². The summed E-state index contributed by atoms with van der Waals surface area (Å²) in [6.45, 7) is 0.651. The van der Waals surface area contributed by atoms with Crippen molar-refractivity contribution >= 4 is 22.8 Å². The molecule has 1 aromatic rings. The van der Waals surface area contributed by atoms with Gasteiger partial charge in [-0.05, 0) is 12.1 Å². The van der Waals surface area contributed by atoms with E-state index in [1.54, 1.807) is 0 Å². The van der Waals surface area contributed by atoms with E-state index in [4.69, 9.17) is 0 Å². The van der Waals surface area contributed by atoms with Gasteiger partial charge in [-0.3, -0.25) is 9.79 Å². The van der Waals surface area contributed by atoms with Gasteiger partial charge in [0, 0.05) is 17.4 Å². The zero-order valence-electron chi connectivity index (χ0n) is 8.17. The van der Waals surface area contributed by atoms with Crippen LogP contribution in [0.4, 0.5) is 8.78 Å². The number of hydrogen-bond donors (Lipinski definition) is 1. The highest BCUT2D eigenvalue weighted by atomic mass is 32.2. The minimum Gasteiger partial charge on any atom is -0.301 e. The number of carbonyl (C=O) groups excluding carboxylic acids is 1. The van der Waals surface area contributed by atoms with Crippen LogP contribution in [0.3, 0.4) is 0 Å². The van der Waals surface area contributed by atoms with Crippen LogP contribution in [0.1, 0.15) is 10.4 Å². The van der Waals surface area contributed by atoms with Crippen molar-refractivity contribution in [2.24, 2.45) is 4.99 Å². The Balaban J connectivity index is 2.14. The van der Waals surface area contributed by atoms with Crippen LogP contribution >= 0.6 is 11.8 Å². The highest BCUT2D eigenvalue weighted by molar-refractivity contribution is 8.14. The van der Waals surface area contributed by atoms with Gasteiger partial charge in [0.05, 0.1) is 6.54 Å². The Kier molecular flexibility index (Phi) is 3.19. The molecule has 1 aliphatic heterocycles. The summed E-state index contributed by atoms with van der Waals surface area (Å²) in [7, 11) is 0. The van der Waals surface area contributed by atoms with Crippen molar-refractivity contribution in [2.75, 3.05) is 12.3 Å². The van der Waals surface area contributed by atoms with Gasteiger partial charge in [0.2, 0.25) is 0 Å². The fraction of sp³-hybridized carbons (Fsp3) is 0.200. The number of amidine groups is 1. The fourth-order valence-electron chi connectivity index (χ4n) is 1.26. The number of hydrogen-bond acceptors (Lipinski definition) is 3. The molecule has 1 aromatic carbocycles. The molecule has 0 bridgehead atoms. The van der Waals surface area contributed by atoms with E-state index >= 15 is 0 Å². The second-order valence-electron chi connectivity index (χ2n) is 3.15. The lowest BCUT2D eigenvalue weighted by Gasteiger charge is -2.04. The minimum atomic E-state index is -0.772. The van der Waals surface area contributed by atoms with Crippen molar-refractivity contribution in [3.63, 3.8) is 0 Å². The average molecular weight is 242 g/mol. The molecule has 1 amide bonds. The van der Waals surface area contributed by atoms with E-state index in [1.807, 2.05) is 0 Å². The Morgan fingerprint density at radius 3 is 2.56 bits per heavy atom. The molecule has 2 rings (SSSR count). The molecule has 0 atom stereocenters. The number of amides is 1. The summed E-state index contributed by atoms with van der Waals surface area (Å²) >= 11 is 1.40. The van der Waals surface area contributed by atoms with Crippen molar-refractivity contribution in [2.45, 2.75) is 0 Å². The van der Waals surface area contributed by atoms with Crippen LogP contribution in [0.5, 0.6) is 0 Å². The van der Waals surface area contributed by atoms with E-state index in [0.29, 0.717) is 11.7 Å². The molecular weight excluding hydrogens is 234 g/mol. The standard InChI is InChI=1S/C10H8F2N2OS/c11-7-3-6(4-8(12)5-7)9(15)14-10-13-1-2-16-10/h3-5H,1-2H2,(H,13,14,15). The van der Waals surface area contributed by atoms with Crippen molar-refractivity contribution in [3.8, 4) is 0 Å². The molecule has 16 heavy (non-hydrogen) atoms. The third-order valence-electron chi connectivity index (χ3n) is 1.93. The van der Waals surface area contributed by atoms with Gasteiger partial charge in [-0.1, -0.05) is 11.8 Å². The molecule has 84 valence electrons. The molecule has 0 fully saturated rings. The predicted molar refractivity (Wildman–Crippen MR) is 58.6 cm³/mol. The molecule has 1 N–H and O–H groups in total. The Hall–Kier alpha value is -1.43. The van der Waals surface area contributed by atoms with Crippen LogP contribution in [-0.4, -0.2) is 23.4 Å². The van der Waals surface area contributed by atoms with E-state index in [2.05, 4.69) is 10.3 Å². The smallest absolute Gasteiger partial charge is 0.257 e. The first kappa shape index (κ1) is 11.1. The van der Waals surface area contributed by atoms with Crippen molar-refractivity contribution in [3.05, 3.63) is 35.4 Å². The number of halogens is 2. The number of thioether (sulfide) groups is 1. The van der Waals surface area contributed by atoms with Gasteiger partial charge in [0.15, 0.2) is 5.17 Å². The summed E-state index contributed by atoms with van der Waals surface area (Å²) in [4.78, 5) is 15.6. The van der Waals surface area contributed by atoms with Crippen LogP contribution < -0.4 is 5.32 Å². The summed E-state index contributed by atoms with van der Waals surface area (Å²) in [5, 5.41) is 2.99. The number of nitrogens with one attached hydrogen (secondary N) is 1. The lowest BCUT2D eigenvalue weighted by Crippen LogP contribution is -2.27.